The Morgan fingerprint density at radius 2 is 1.71 bits per heavy atom. The van der Waals surface area contributed by atoms with Gasteiger partial charge in [0.25, 0.3) is 5.22 Å². The Bertz CT molecular complexity index is 1150. The number of carbonyl (C=O) groups excluding carboxylic acids is 2. The van der Waals surface area contributed by atoms with Gasteiger partial charge in [-0.1, -0.05) is 30.0 Å². The maximum Gasteiger partial charge on any atom is 0.277 e. The van der Waals surface area contributed by atoms with E-state index in [0.29, 0.717) is 43.8 Å². The van der Waals surface area contributed by atoms with Crippen LogP contribution in [-0.2, 0) is 9.59 Å². The molecule has 3 aromatic rings. The molecule has 1 fully saturated rings. The molecule has 1 N–H and O–H groups in total. The number of hydrogen-bond donors (Lipinski definition) is 1. The van der Waals surface area contributed by atoms with Crippen molar-refractivity contribution >= 4 is 29.3 Å². The van der Waals surface area contributed by atoms with Crippen LogP contribution in [0.25, 0.3) is 11.5 Å². The van der Waals surface area contributed by atoms with Crippen molar-refractivity contribution in [1.29, 1.82) is 0 Å². The third kappa shape index (κ3) is 6.40. The Hall–Kier alpha value is -3.37. The summed E-state index contributed by atoms with van der Waals surface area (Å²) >= 11 is 1.23. The minimum absolute atomic E-state index is 0.0128. The van der Waals surface area contributed by atoms with Gasteiger partial charge in [0.1, 0.15) is 5.75 Å². The fraction of sp³-hybridized carbons (Fsp3) is 0.360. The molecule has 2 amide bonds. The number of piperazine rings is 1. The highest BCUT2D eigenvalue weighted by Gasteiger charge is 2.23. The van der Waals surface area contributed by atoms with E-state index in [1.807, 2.05) is 61.2 Å². The zero-order chi connectivity index (χ0) is 24.8. The lowest BCUT2D eigenvalue weighted by Gasteiger charge is -2.34. The van der Waals surface area contributed by atoms with E-state index in [4.69, 9.17) is 9.15 Å². The Labute approximate surface area is 208 Å². The van der Waals surface area contributed by atoms with Crippen LogP contribution in [0.15, 0.2) is 52.1 Å². The number of anilines is 1. The fourth-order valence-electron chi connectivity index (χ4n) is 3.88. The average Bonchev–Trinajstić information content (AvgIpc) is 3.34. The monoisotopic (exact) mass is 495 g/mol. The minimum Gasteiger partial charge on any atom is -0.497 e. The molecule has 1 aliphatic rings. The summed E-state index contributed by atoms with van der Waals surface area (Å²) in [5.41, 5.74) is 3.75. The van der Waals surface area contributed by atoms with Crippen LogP contribution in [0.3, 0.4) is 0 Å². The van der Waals surface area contributed by atoms with Gasteiger partial charge in [-0.15, -0.1) is 10.2 Å². The Morgan fingerprint density at radius 1 is 1.03 bits per heavy atom. The maximum absolute atomic E-state index is 12.7. The fourth-order valence-corrected chi connectivity index (χ4v) is 4.55. The number of rotatable bonds is 8. The summed E-state index contributed by atoms with van der Waals surface area (Å²) in [6.07, 6.45) is 0. The van der Waals surface area contributed by atoms with Crippen LogP contribution in [0, 0.1) is 13.8 Å². The number of carbonyl (C=O) groups is 2. The van der Waals surface area contributed by atoms with E-state index in [9.17, 15) is 9.59 Å². The summed E-state index contributed by atoms with van der Waals surface area (Å²) in [5.74, 6) is 1.34. The van der Waals surface area contributed by atoms with E-state index in [2.05, 4.69) is 20.4 Å². The molecule has 0 bridgehead atoms. The van der Waals surface area contributed by atoms with Crippen LogP contribution in [0.1, 0.15) is 11.1 Å². The number of nitrogens with one attached hydrogen (secondary N) is 1. The lowest BCUT2D eigenvalue weighted by atomic mass is 10.1. The van der Waals surface area contributed by atoms with Crippen LogP contribution < -0.4 is 10.1 Å². The normalized spacial score (nSPS) is 14.1. The van der Waals surface area contributed by atoms with E-state index in [1.54, 1.807) is 7.11 Å². The zero-order valence-corrected chi connectivity index (χ0v) is 20.9. The first-order valence-electron chi connectivity index (χ1n) is 11.4. The number of methoxy groups -OCH3 is 1. The minimum atomic E-state index is -0.0400. The molecule has 184 valence electrons. The van der Waals surface area contributed by atoms with Crippen molar-refractivity contribution in [2.24, 2.45) is 0 Å². The quantitative estimate of drug-likeness (QED) is 0.476. The van der Waals surface area contributed by atoms with Gasteiger partial charge in [-0.05, 0) is 49.2 Å². The summed E-state index contributed by atoms with van der Waals surface area (Å²) in [7, 11) is 1.61. The summed E-state index contributed by atoms with van der Waals surface area (Å²) in [6.45, 7) is 6.74. The van der Waals surface area contributed by atoms with Gasteiger partial charge in [0.2, 0.25) is 17.7 Å². The molecule has 0 spiro atoms. The third-order valence-corrected chi connectivity index (χ3v) is 6.70. The van der Waals surface area contributed by atoms with Gasteiger partial charge in [0.05, 0.1) is 19.4 Å². The predicted molar refractivity (Wildman–Crippen MR) is 135 cm³/mol. The van der Waals surface area contributed by atoms with Gasteiger partial charge in [-0.3, -0.25) is 14.5 Å². The molecule has 0 saturated carbocycles. The third-order valence-electron chi connectivity index (χ3n) is 5.90. The molecule has 0 aliphatic carbocycles. The molecule has 1 saturated heterocycles. The molecule has 9 nitrogen and oxygen atoms in total. The maximum atomic E-state index is 12.7. The molecule has 0 unspecified atom stereocenters. The van der Waals surface area contributed by atoms with Gasteiger partial charge < -0.3 is 19.4 Å². The lowest BCUT2D eigenvalue weighted by Crippen LogP contribution is -2.50. The molecule has 2 aromatic carbocycles. The number of nitrogens with zero attached hydrogens (tertiary/aromatic N) is 4. The number of hydrogen-bond acceptors (Lipinski definition) is 8. The predicted octanol–water partition coefficient (Wildman–Crippen LogP) is 3.24. The Kier molecular flexibility index (Phi) is 8.04. The summed E-state index contributed by atoms with van der Waals surface area (Å²) in [6, 6.07) is 13.3. The van der Waals surface area contributed by atoms with Crippen molar-refractivity contribution in [2.75, 3.05) is 50.9 Å². The first-order chi connectivity index (χ1) is 16.9. The van der Waals surface area contributed by atoms with Gasteiger partial charge in [0, 0.05) is 37.4 Å². The molecule has 35 heavy (non-hydrogen) atoms. The first-order valence-corrected chi connectivity index (χ1v) is 12.4. The Morgan fingerprint density at radius 3 is 2.37 bits per heavy atom. The molecule has 1 aromatic heterocycles. The van der Waals surface area contributed by atoms with E-state index in [1.165, 1.54) is 11.8 Å². The molecule has 2 heterocycles. The van der Waals surface area contributed by atoms with Crippen molar-refractivity contribution in [2.45, 2.75) is 19.1 Å². The summed E-state index contributed by atoms with van der Waals surface area (Å²) in [4.78, 5) is 29.1. The summed E-state index contributed by atoms with van der Waals surface area (Å²) in [5, 5.41) is 11.5. The topological polar surface area (TPSA) is 101 Å². The van der Waals surface area contributed by atoms with Crippen LogP contribution in [0.4, 0.5) is 5.69 Å². The van der Waals surface area contributed by atoms with Crippen LogP contribution in [0.2, 0.25) is 0 Å². The first kappa shape index (κ1) is 24.7. The smallest absolute Gasteiger partial charge is 0.277 e. The second-order valence-electron chi connectivity index (χ2n) is 8.36. The van der Waals surface area contributed by atoms with Crippen molar-refractivity contribution in [1.82, 2.24) is 20.0 Å². The molecule has 0 radical (unpaired) electrons. The van der Waals surface area contributed by atoms with Gasteiger partial charge in [-0.25, -0.2) is 0 Å². The highest BCUT2D eigenvalue weighted by atomic mass is 32.2. The number of thioether (sulfide) groups is 1. The summed E-state index contributed by atoms with van der Waals surface area (Å²) < 4.78 is 10.8. The van der Waals surface area contributed by atoms with E-state index in [0.717, 1.165) is 28.1 Å². The largest absolute Gasteiger partial charge is 0.497 e. The van der Waals surface area contributed by atoms with E-state index in [-0.39, 0.29) is 17.6 Å². The van der Waals surface area contributed by atoms with Gasteiger partial charge in [0.15, 0.2) is 0 Å². The van der Waals surface area contributed by atoms with Crippen molar-refractivity contribution in [3.8, 4) is 17.2 Å². The van der Waals surface area contributed by atoms with Crippen LogP contribution >= 0.6 is 11.8 Å². The van der Waals surface area contributed by atoms with E-state index >= 15 is 0 Å². The molecule has 0 atom stereocenters. The number of aromatic nitrogens is 2. The lowest BCUT2D eigenvalue weighted by molar-refractivity contribution is -0.130. The second-order valence-corrected chi connectivity index (χ2v) is 9.29. The number of amides is 2. The molecule has 10 heteroatoms. The van der Waals surface area contributed by atoms with Crippen molar-refractivity contribution in [3.05, 3.63) is 53.6 Å². The Balaban J connectivity index is 1.21. The number of aryl methyl sites for hydroxylation is 2. The molecular formula is C25H29N5O4S. The number of para-hydroxylation sites is 1. The van der Waals surface area contributed by atoms with Crippen molar-refractivity contribution in [3.63, 3.8) is 0 Å². The van der Waals surface area contributed by atoms with Gasteiger partial charge >= 0.3 is 0 Å². The highest BCUT2D eigenvalue weighted by Crippen LogP contribution is 2.25. The number of benzene rings is 2. The molecular weight excluding hydrogens is 466 g/mol. The van der Waals surface area contributed by atoms with Crippen LogP contribution in [-0.4, -0.2) is 77.4 Å². The standard InChI is InChI=1S/C25H29N5O4S/c1-17-5-4-6-18(2)23(17)26-21(31)15-29-11-13-30(14-12-29)22(32)16-35-25-28-27-24(34-25)19-7-9-20(33-3)10-8-19/h4-10H,11-16H2,1-3H3,(H,26,31). The van der Waals surface area contributed by atoms with Crippen molar-refractivity contribution < 1.29 is 18.7 Å². The average molecular weight is 496 g/mol. The molecule has 1 aliphatic heterocycles. The van der Waals surface area contributed by atoms with Gasteiger partial charge in [-0.2, -0.15) is 0 Å². The van der Waals surface area contributed by atoms with E-state index < -0.39 is 0 Å². The highest BCUT2D eigenvalue weighted by molar-refractivity contribution is 7.99. The van der Waals surface area contributed by atoms with Crippen LogP contribution in [0.5, 0.6) is 5.75 Å². The number of ether oxygens (including phenoxy) is 1. The SMILES string of the molecule is COc1ccc(-c2nnc(SCC(=O)N3CCN(CC(=O)Nc4c(C)cccc4C)CC3)o2)cc1. The zero-order valence-electron chi connectivity index (χ0n) is 20.1. The molecule has 4 rings (SSSR count). The second kappa shape index (κ2) is 11.4.